The van der Waals surface area contributed by atoms with Crippen LogP contribution in [0.4, 0.5) is 5.95 Å². The number of carbonyl (C=O) groups excluding carboxylic acids is 1. The summed E-state index contributed by atoms with van der Waals surface area (Å²) in [5.74, 6) is 3.64. The lowest BCUT2D eigenvalue weighted by molar-refractivity contribution is 0.0745. The molecule has 7 rings (SSSR count). The minimum absolute atomic E-state index is 0.0113. The minimum atomic E-state index is 0.0113. The van der Waals surface area contributed by atoms with Crippen LogP contribution in [0.15, 0.2) is 36.4 Å². The molecule has 9 nitrogen and oxygen atoms in total. The summed E-state index contributed by atoms with van der Waals surface area (Å²) >= 11 is 0. The van der Waals surface area contributed by atoms with Crippen LogP contribution in [0.5, 0.6) is 11.5 Å². The van der Waals surface area contributed by atoms with Crippen LogP contribution in [0, 0.1) is 6.92 Å². The fourth-order valence-corrected chi connectivity index (χ4v) is 5.91. The summed E-state index contributed by atoms with van der Waals surface area (Å²) in [6.07, 6.45) is 6.04. The Bertz CT molecular complexity index is 1500. The van der Waals surface area contributed by atoms with Crippen LogP contribution in [-0.2, 0) is 0 Å². The van der Waals surface area contributed by atoms with Gasteiger partial charge in [-0.25, -0.2) is 9.38 Å². The summed E-state index contributed by atoms with van der Waals surface area (Å²) in [6, 6.07) is 11.7. The van der Waals surface area contributed by atoms with Gasteiger partial charge in [-0.1, -0.05) is 30.9 Å². The molecular weight excluding hydrogens is 468 g/mol. The molecule has 1 saturated heterocycles. The van der Waals surface area contributed by atoms with Crippen molar-refractivity contribution in [1.29, 1.82) is 0 Å². The molecule has 3 aliphatic rings. The first-order chi connectivity index (χ1) is 18.2. The van der Waals surface area contributed by atoms with Crippen molar-refractivity contribution in [1.82, 2.24) is 24.5 Å². The van der Waals surface area contributed by atoms with E-state index >= 15 is 0 Å². The molecule has 190 valence electrons. The van der Waals surface area contributed by atoms with Gasteiger partial charge in [0, 0.05) is 43.0 Å². The predicted octanol–water partition coefficient (Wildman–Crippen LogP) is 4.32. The number of ether oxygens (including phenoxy) is 2. The average Bonchev–Trinajstić information content (AvgIpc) is 3.60. The zero-order chi connectivity index (χ0) is 24.9. The molecule has 0 unspecified atom stereocenters. The van der Waals surface area contributed by atoms with E-state index in [1.165, 1.54) is 24.8 Å². The average molecular weight is 499 g/mol. The fourth-order valence-electron chi connectivity index (χ4n) is 5.91. The maximum absolute atomic E-state index is 13.3. The molecule has 4 heterocycles. The number of fused-ring (bicyclic) bond motifs is 4. The van der Waals surface area contributed by atoms with Gasteiger partial charge in [0.25, 0.3) is 5.91 Å². The number of anilines is 1. The molecule has 0 N–H and O–H groups in total. The van der Waals surface area contributed by atoms with Gasteiger partial charge in [-0.3, -0.25) is 4.79 Å². The zero-order valence-corrected chi connectivity index (χ0v) is 21.0. The fraction of sp³-hybridized carbons (Fsp3) is 0.429. The quantitative estimate of drug-likeness (QED) is 0.416. The first-order valence-electron chi connectivity index (χ1n) is 13.2. The van der Waals surface area contributed by atoms with E-state index in [4.69, 9.17) is 19.6 Å². The van der Waals surface area contributed by atoms with Crippen molar-refractivity contribution in [2.24, 2.45) is 0 Å². The van der Waals surface area contributed by atoms with Crippen molar-refractivity contribution in [2.45, 2.75) is 44.9 Å². The number of aromatic nitrogens is 4. The van der Waals surface area contributed by atoms with Crippen molar-refractivity contribution in [3.05, 3.63) is 53.3 Å². The molecule has 2 aliphatic heterocycles. The first kappa shape index (κ1) is 22.3. The second kappa shape index (κ2) is 8.90. The van der Waals surface area contributed by atoms with E-state index in [0.29, 0.717) is 49.2 Å². The highest BCUT2D eigenvalue weighted by Gasteiger charge is 2.29. The zero-order valence-electron chi connectivity index (χ0n) is 21.0. The molecule has 2 aromatic heterocycles. The third-order valence-electron chi connectivity index (χ3n) is 7.94. The van der Waals surface area contributed by atoms with Gasteiger partial charge in [0.15, 0.2) is 17.1 Å². The van der Waals surface area contributed by atoms with Crippen molar-refractivity contribution < 1.29 is 14.3 Å². The summed E-state index contributed by atoms with van der Waals surface area (Å²) in [5, 5.41) is 10.5. The molecule has 2 aromatic carbocycles. The Balaban J connectivity index is 1.20. The Morgan fingerprint density at radius 1 is 0.919 bits per heavy atom. The molecule has 4 aromatic rings. The number of nitrogens with zero attached hydrogens (tertiary/aromatic N) is 6. The Hall–Kier alpha value is -3.88. The molecule has 1 aliphatic carbocycles. The Morgan fingerprint density at radius 2 is 1.73 bits per heavy atom. The summed E-state index contributed by atoms with van der Waals surface area (Å²) in [4.78, 5) is 22.6. The molecule has 1 amide bonds. The van der Waals surface area contributed by atoms with Gasteiger partial charge < -0.3 is 19.3 Å². The standard InChI is InChI=1S/C28H30N6O3/c1-18-7-9-22-21(15-18)26-31-30-25(19-5-3-2-4-6-19)34(26)28(29-22)33-13-11-32(12-14-33)27(35)20-8-10-23-24(16-20)37-17-36-23/h7-10,15-16,19H,2-6,11-14,17H2,1H3. The Morgan fingerprint density at radius 3 is 2.57 bits per heavy atom. The second-order valence-electron chi connectivity index (χ2n) is 10.3. The predicted molar refractivity (Wildman–Crippen MR) is 140 cm³/mol. The van der Waals surface area contributed by atoms with Gasteiger partial charge in [-0.05, 0) is 50.1 Å². The summed E-state index contributed by atoms with van der Waals surface area (Å²) in [6.45, 7) is 4.91. The SMILES string of the molecule is Cc1ccc2nc(N3CCN(C(=O)c4ccc5c(c4)OCO5)CC3)n3c(C4CCCCC4)nnc3c2c1. The highest BCUT2D eigenvalue weighted by Crippen LogP contribution is 2.35. The van der Waals surface area contributed by atoms with Crippen LogP contribution >= 0.6 is 0 Å². The molecule has 0 radical (unpaired) electrons. The summed E-state index contributed by atoms with van der Waals surface area (Å²) in [7, 11) is 0. The van der Waals surface area contributed by atoms with E-state index in [0.717, 1.165) is 41.2 Å². The lowest BCUT2D eigenvalue weighted by Gasteiger charge is -2.36. The third kappa shape index (κ3) is 3.84. The third-order valence-corrected chi connectivity index (χ3v) is 7.94. The number of carbonyl (C=O) groups is 1. The molecule has 0 bridgehead atoms. The van der Waals surface area contributed by atoms with Crippen LogP contribution in [0.25, 0.3) is 16.6 Å². The van der Waals surface area contributed by atoms with E-state index in [-0.39, 0.29) is 12.7 Å². The van der Waals surface area contributed by atoms with E-state index in [1.54, 1.807) is 6.07 Å². The number of aryl methyl sites for hydroxylation is 1. The van der Waals surface area contributed by atoms with E-state index in [1.807, 2.05) is 17.0 Å². The minimum Gasteiger partial charge on any atom is -0.454 e. The molecule has 0 spiro atoms. The van der Waals surface area contributed by atoms with Crippen LogP contribution in [-0.4, -0.2) is 63.4 Å². The van der Waals surface area contributed by atoms with Crippen molar-refractivity contribution in [2.75, 3.05) is 37.9 Å². The van der Waals surface area contributed by atoms with E-state index in [9.17, 15) is 4.79 Å². The summed E-state index contributed by atoms with van der Waals surface area (Å²) < 4.78 is 13.1. The second-order valence-corrected chi connectivity index (χ2v) is 10.3. The Labute approximate surface area is 215 Å². The van der Waals surface area contributed by atoms with Gasteiger partial charge in [-0.2, -0.15) is 0 Å². The lowest BCUT2D eigenvalue weighted by Crippen LogP contribution is -2.49. The Kier molecular flexibility index (Phi) is 5.37. The van der Waals surface area contributed by atoms with Gasteiger partial charge in [0.2, 0.25) is 12.7 Å². The number of rotatable bonds is 3. The van der Waals surface area contributed by atoms with Gasteiger partial charge in [-0.15, -0.1) is 10.2 Å². The lowest BCUT2D eigenvalue weighted by atomic mass is 9.89. The van der Waals surface area contributed by atoms with Gasteiger partial charge in [0.1, 0.15) is 5.82 Å². The van der Waals surface area contributed by atoms with Crippen LogP contribution in [0.3, 0.4) is 0 Å². The first-order valence-corrected chi connectivity index (χ1v) is 13.2. The number of hydrogen-bond acceptors (Lipinski definition) is 7. The number of amides is 1. The molecule has 9 heteroatoms. The number of hydrogen-bond donors (Lipinski definition) is 0. The topological polar surface area (TPSA) is 85.1 Å². The van der Waals surface area contributed by atoms with Crippen molar-refractivity contribution in [3.8, 4) is 11.5 Å². The maximum atomic E-state index is 13.3. The number of piperazine rings is 1. The molecule has 2 fully saturated rings. The molecule has 0 atom stereocenters. The maximum Gasteiger partial charge on any atom is 0.254 e. The number of benzene rings is 2. The molecule has 37 heavy (non-hydrogen) atoms. The molecule has 1 saturated carbocycles. The monoisotopic (exact) mass is 498 g/mol. The highest BCUT2D eigenvalue weighted by molar-refractivity contribution is 5.95. The highest BCUT2D eigenvalue weighted by atomic mass is 16.7. The van der Waals surface area contributed by atoms with Crippen LogP contribution in [0.2, 0.25) is 0 Å². The van der Waals surface area contributed by atoms with Crippen LogP contribution < -0.4 is 14.4 Å². The largest absolute Gasteiger partial charge is 0.454 e. The van der Waals surface area contributed by atoms with Crippen molar-refractivity contribution >= 4 is 28.4 Å². The van der Waals surface area contributed by atoms with E-state index in [2.05, 4.69) is 39.5 Å². The van der Waals surface area contributed by atoms with E-state index < -0.39 is 0 Å². The van der Waals surface area contributed by atoms with Crippen molar-refractivity contribution in [3.63, 3.8) is 0 Å². The smallest absolute Gasteiger partial charge is 0.254 e. The molecular formula is C28H30N6O3. The van der Waals surface area contributed by atoms with Crippen LogP contribution in [0.1, 0.15) is 59.8 Å². The normalized spacial score (nSPS) is 18.2. The van der Waals surface area contributed by atoms with Gasteiger partial charge >= 0.3 is 0 Å². The van der Waals surface area contributed by atoms with Gasteiger partial charge in [0.05, 0.1) is 5.52 Å². The summed E-state index contributed by atoms with van der Waals surface area (Å²) in [5.41, 5.74) is 3.61.